The standard InChI is InChI=1S/C18H22ClN7O2/c19-15-3-1-14(2-4-15)13-20-24-16-21-17(25-5-9-27-10-6-25)23-18(22-16)26-7-11-28-12-8-26/h1-4,13H,5-12H2,(H,21,22,23,24)/b20-13-. The SMILES string of the molecule is Clc1ccc(/C=N\Nc2nc(N3CCOCC3)nc(N3CCOCC3)n2)cc1. The van der Waals surface area contributed by atoms with Crippen LogP contribution in [-0.2, 0) is 9.47 Å². The lowest BCUT2D eigenvalue weighted by Gasteiger charge is -2.30. The summed E-state index contributed by atoms with van der Waals surface area (Å²) >= 11 is 5.91. The number of nitrogens with zero attached hydrogens (tertiary/aromatic N) is 6. The van der Waals surface area contributed by atoms with E-state index < -0.39 is 0 Å². The van der Waals surface area contributed by atoms with Gasteiger partial charge in [-0.1, -0.05) is 23.7 Å². The maximum atomic E-state index is 5.91. The molecule has 3 heterocycles. The second-order valence-corrected chi connectivity index (χ2v) is 6.82. The molecule has 0 unspecified atom stereocenters. The van der Waals surface area contributed by atoms with Gasteiger partial charge in [-0.05, 0) is 17.7 Å². The molecular formula is C18H22ClN7O2. The van der Waals surface area contributed by atoms with Gasteiger partial charge in [-0.3, -0.25) is 0 Å². The number of hydrazone groups is 1. The Morgan fingerprint density at radius 3 is 1.93 bits per heavy atom. The van der Waals surface area contributed by atoms with Crippen molar-refractivity contribution in [2.45, 2.75) is 0 Å². The minimum absolute atomic E-state index is 0.406. The highest BCUT2D eigenvalue weighted by molar-refractivity contribution is 6.30. The van der Waals surface area contributed by atoms with Gasteiger partial charge in [0.15, 0.2) is 0 Å². The van der Waals surface area contributed by atoms with Gasteiger partial charge in [-0.25, -0.2) is 5.43 Å². The van der Waals surface area contributed by atoms with Crippen LogP contribution < -0.4 is 15.2 Å². The largest absolute Gasteiger partial charge is 0.378 e. The highest BCUT2D eigenvalue weighted by Crippen LogP contribution is 2.18. The average molecular weight is 404 g/mol. The Bertz CT molecular complexity index is 770. The summed E-state index contributed by atoms with van der Waals surface area (Å²) in [5.74, 6) is 1.66. The van der Waals surface area contributed by atoms with Crippen molar-refractivity contribution in [1.29, 1.82) is 0 Å². The number of hydrogen-bond donors (Lipinski definition) is 1. The van der Waals surface area contributed by atoms with Crippen LogP contribution in [0.5, 0.6) is 0 Å². The highest BCUT2D eigenvalue weighted by Gasteiger charge is 2.20. The molecule has 148 valence electrons. The smallest absolute Gasteiger partial charge is 0.250 e. The quantitative estimate of drug-likeness (QED) is 0.595. The number of halogens is 1. The molecule has 0 saturated carbocycles. The summed E-state index contributed by atoms with van der Waals surface area (Å²) in [6.07, 6.45) is 1.70. The van der Waals surface area contributed by atoms with Gasteiger partial charge in [0.1, 0.15) is 0 Å². The van der Waals surface area contributed by atoms with Gasteiger partial charge in [0.05, 0.1) is 32.6 Å². The van der Waals surface area contributed by atoms with E-state index in [9.17, 15) is 0 Å². The molecule has 0 bridgehead atoms. The van der Waals surface area contributed by atoms with Crippen LogP contribution in [0.2, 0.25) is 5.02 Å². The van der Waals surface area contributed by atoms with Gasteiger partial charge in [-0.15, -0.1) is 0 Å². The van der Waals surface area contributed by atoms with Crippen LogP contribution in [0, 0.1) is 0 Å². The summed E-state index contributed by atoms with van der Waals surface area (Å²) < 4.78 is 10.9. The third kappa shape index (κ3) is 4.86. The number of morpholine rings is 2. The second-order valence-electron chi connectivity index (χ2n) is 6.38. The average Bonchev–Trinajstić information content (AvgIpc) is 2.76. The van der Waals surface area contributed by atoms with E-state index in [1.54, 1.807) is 6.21 Å². The lowest BCUT2D eigenvalue weighted by atomic mass is 10.2. The molecule has 2 aliphatic rings. The highest BCUT2D eigenvalue weighted by atomic mass is 35.5. The third-order valence-electron chi connectivity index (χ3n) is 4.45. The number of benzene rings is 1. The van der Waals surface area contributed by atoms with E-state index in [4.69, 9.17) is 21.1 Å². The minimum atomic E-state index is 0.406. The fraction of sp³-hybridized carbons (Fsp3) is 0.444. The first-order valence-corrected chi connectivity index (χ1v) is 9.62. The fourth-order valence-electron chi connectivity index (χ4n) is 2.93. The monoisotopic (exact) mass is 403 g/mol. The van der Waals surface area contributed by atoms with Crippen molar-refractivity contribution in [3.8, 4) is 0 Å². The first kappa shape index (κ1) is 18.9. The molecule has 10 heteroatoms. The van der Waals surface area contributed by atoms with Crippen molar-refractivity contribution in [3.05, 3.63) is 34.9 Å². The van der Waals surface area contributed by atoms with Crippen molar-refractivity contribution >= 4 is 35.7 Å². The van der Waals surface area contributed by atoms with E-state index in [1.807, 2.05) is 24.3 Å². The van der Waals surface area contributed by atoms with Crippen LogP contribution in [0.25, 0.3) is 0 Å². The molecule has 1 N–H and O–H groups in total. The summed E-state index contributed by atoms with van der Waals surface area (Å²) in [4.78, 5) is 18.0. The zero-order valence-electron chi connectivity index (χ0n) is 15.4. The lowest BCUT2D eigenvalue weighted by Crippen LogP contribution is -2.40. The van der Waals surface area contributed by atoms with Crippen LogP contribution in [0.15, 0.2) is 29.4 Å². The van der Waals surface area contributed by atoms with Crippen LogP contribution in [0.4, 0.5) is 17.8 Å². The molecule has 0 spiro atoms. The van der Waals surface area contributed by atoms with Crippen molar-refractivity contribution in [2.75, 3.05) is 67.8 Å². The molecule has 2 aromatic rings. The van der Waals surface area contributed by atoms with Crippen molar-refractivity contribution < 1.29 is 9.47 Å². The Balaban J connectivity index is 1.54. The van der Waals surface area contributed by atoms with Crippen LogP contribution in [0.3, 0.4) is 0 Å². The molecular weight excluding hydrogens is 382 g/mol. The van der Waals surface area contributed by atoms with Gasteiger partial charge in [0.2, 0.25) is 17.8 Å². The zero-order valence-corrected chi connectivity index (χ0v) is 16.2. The maximum Gasteiger partial charge on any atom is 0.250 e. The van der Waals surface area contributed by atoms with Gasteiger partial charge < -0.3 is 19.3 Å². The number of hydrogen-bond acceptors (Lipinski definition) is 9. The molecule has 2 aliphatic heterocycles. The fourth-order valence-corrected chi connectivity index (χ4v) is 3.05. The van der Waals surface area contributed by atoms with Gasteiger partial charge in [-0.2, -0.15) is 20.1 Å². The molecule has 2 fully saturated rings. The first-order chi connectivity index (χ1) is 13.8. The number of rotatable bonds is 5. The maximum absolute atomic E-state index is 5.91. The van der Waals surface area contributed by atoms with E-state index in [0.717, 1.165) is 31.7 Å². The van der Waals surface area contributed by atoms with Crippen LogP contribution in [-0.4, -0.2) is 73.8 Å². The molecule has 0 amide bonds. The number of nitrogens with one attached hydrogen (secondary N) is 1. The Morgan fingerprint density at radius 2 is 1.39 bits per heavy atom. The predicted octanol–water partition coefficient (Wildman–Crippen LogP) is 1.64. The number of ether oxygens (including phenoxy) is 2. The van der Waals surface area contributed by atoms with E-state index >= 15 is 0 Å². The summed E-state index contributed by atoms with van der Waals surface area (Å²) in [6.45, 7) is 5.65. The van der Waals surface area contributed by atoms with Crippen molar-refractivity contribution in [2.24, 2.45) is 5.10 Å². The molecule has 0 atom stereocenters. The van der Waals surface area contributed by atoms with E-state index in [-0.39, 0.29) is 0 Å². The third-order valence-corrected chi connectivity index (χ3v) is 4.70. The van der Waals surface area contributed by atoms with Crippen LogP contribution in [0.1, 0.15) is 5.56 Å². The summed E-state index contributed by atoms with van der Waals surface area (Å²) in [7, 11) is 0. The van der Waals surface area contributed by atoms with E-state index in [0.29, 0.717) is 49.3 Å². The Labute approximate surface area is 168 Å². The van der Waals surface area contributed by atoms with Crippen molar-refractivity contribution in [1.82, 2.24) is 15.0 Å². The summed E-state index contributed by atoms with van der Waals surface area (Å²) in [5, 5.41) is 4.94. The molecule has 28 heavy (non-hydrogen) atoms. The normalized spacial score (nSPS) is 17.9. The van der Waals surface area contributed by atoms with Gasteiger partial charge >= 0.3 is 0 Å². The molecule has 0 aliphatic carbocycles. The van der Waals surface area contributed by atoms with E-state index in [1.165, 1.54) is 0 Å². The lowest BCUT2D eigenvalue weighted by molar-refractivity contribution is 0.121. The molecule has 9 nitrogen and oxygen atoms in total. The molecule has 0 radical (unpaired) electrons. The zero-order chi connectivity index (χ0) is 19.2. The van der Waals surface area contributed by atoms with Crippen LogP contribution >= 0.6 is 11.6 Å². The van der Waals surface area contributed by atoms with Gasteiger partial charge in [0.25, 0.3) is 0 Å². The van der Waals surface area contributed by atoms with E-state index in [2.05, 4.69) is 35.3 Å². The topological polar surface area (TPSA) is 88.0 Å². The van der Waals surface area contributed by atoms with Crippen molar-refractivity contribution in [3.63, 3.8) is 0 Å². The molecule has 1 aromatic heterocycles. The predicted molar refractivity (Wildman–Crippen MR) is 109 cm³/mol. The number of anilines is 3. The molecule has 1 aromatic carbocycles. The second kappa shape index (κ2) is 9.13. The molecule has 4 rings (SSSR count). The summed E-state index contributed by atoms with van der Waals surface area (Å²) in [6, 6.07) is 7.41. The minimum Gasteiger partial charge on any atom is -0.378 e. The molecule has 2 saturated heterocycles. The Kier molecular flexibility index (Phi) is 6.15. The Hall–Kier alpha value is -2.49. The summed E-state index contributed by atoms with van der Waals surface area (Å²) in [5.41, 5.74) is 3.85. The first-order valence-electron chi connectivity index (χ1n) is 9.24. The number of aromatic nitrogens is 3. The van der Waals surface area contributed by atoms with Gasteiger partial charge in [0, 0.05) is 31.2 Å². The Morgan fingerprint density at radius 1 is 0.857 bits per heavy atom.